The van der Waals surface area contributed by atoms with Crippen LogP contribution in [0.4, 0.5) is 10.1 Å². The summed E-state index contributed by atoms with van der Waals surface area (Å²) in [5.41, 5.74) is 5.30. The molecule has 0 aliphatic heterocycles. The van der Waals surface area contributed by atoms with Gasteiger partial charge in [-0.3, -0.25) is 4.98 Å². The average Bonchev–Trinajstić information content (AvgIpc) is 2.84. The van der Waals surface area contributed by atoms with Crippen LogP contribution in [0.15, 0.2) is 10.5 Å². The fourth-order valence-electron chi connectivity index (χ4n) is 2.89. The highest BCUT2D eigenvalue weighted by Crippen LogP contribution is 2.39. The van der Waals surface area contributed by atoms with Crippen molar-refractivity contribution in [2.24, 2.45) is 0 Å². The van der Waals surface area contributed by atoms with Crippen LogP contribution in [0.1, 0.15) is 30.2 Å². The van der Waals surface area contributed by atoms with Crippen LogP contribution in [0, 0.1) is 12.7 Å². The minimum atomic E-state index is -0.219. The highest BCUT2D eigenvalue weighted by molar-refractivity contribution is 9.10. The van der Waals surface area contributed by atoms with Crippen molar-refractivity contribution >= 4 is 32.5 Å². The van der Waals surface area contributed by atoms with E-state index in [0.717, 1.165) is 48.0 Å². The van der Waals surface area contributed by atoms with Gasteiger partial charge in [0.05, 0.1) is 9.99 Å². The molecule has 1 aromatic carbocycles. The van der Waals surface area contributed by atoms with E-state index >= 15 is 0 Å². The topological polar surface area (TPSA) is 24.9 Å². The Hall–Kier alpha value is -1.16. The van der Waals surface area contributed by atoms with Gasteiger partial charge in [-0.05, 0) is 66.2 Å². The molecular formula is C15H16BrFN2. The fraction of sp³-hybridized carbons (Fsp3) is 0.400. The van der Waals surface area contributed by atoms with Gasteiger partial charge in [0.15, 0.2) is 0 Å². The number of aromatic nitrogens is 1. The number of pyridine rings is 1. The number of fused-ring (bicyclic) bond motifs is 2. The maximum Gasteiger partial charge on any atom is 0.138 e. The van der Waals surface area contributed by atoms with Crippen LogP contribution in [0.3, 0.4) is 0 Å². The van der Waals surface area contributed by atoms with E-state index in [4.69, 9.17) is 4.98 Å². The van der Waals surface area contributed by atoms with Gasteiger partial charge in [0.2, 0.25) is 0 Å². The molecule has 1 aromatic heterocycles. The molecule has 2 aromatic rings. The first-order chi connectivity index (χ1) is 9.13. The molecule has 0 saturated carbocycles. The molecule has 100 valence electrons. The number of hydrogen-bond acceptors (Lipinski definition) is 2. The predicted molar refractivity (Wildman–Crippen MR) is 80.3 cm³/mol. The van der Waals surface area contributed by atoms with E-state index in [-0.39, 0.29) is 5.82 Å². The summed E-state index contributed by atoms with van der Waals surface area (Å²) in [4.78, 5) is 4.76. The van der Waals surface area contributed by atoms with Crippen molar-refractivity contribution in [1.29, 1.82) is 0 Å². The molecular weight excluding hydrogens is 307 g/mol. The van der Waals surface area contributed by atoms with E-state index in [1.165, 1.54) is 11.3 Å². The van der Waals surface area contributed by atoms with Gasteiger partial charge < -0.3 is 5.32 Å². The molecule has 0 atom stereocenters. The van der Waals surface area contributed by atoms with Crippen LogP contribution in [0.25, 0.3) is 10.9 Å². The van der Waals surface area contributed by atoms with E-state index < -0.39 is 0 Å². The zero-order valence-electron chi connectivity index (χ0n) is 11.1. The van der Waals surface area contributed by atoms with Gasteiger partial charge >= 0.3 is 0 Å². The highest BCUT2D eigenvalue weighted by Gasteiger charge is 2.22. The fourth-order valence-corrected chi connectivity index (χ4v) is 3.39. The molecule has 0 bridgehead atoms. The smallest absolute Gasteiger partial charge is 0.138 e. The molecule has 1 aliphatic rings. The summed E-state index contributed by atoms with van der Waals surface area (Å²) < 4.78 is 14.5. The molecule has 0 spiro atoms. The maximum absolute atomic E-state index is 14.0. The number of aryl methyl sites for hydroxylation is 2. The van der Waals surface area contributed by atoms with Gasteiger partial charge in [-0.2, -0.15) is 0 Å². The number of halogens is 2. The van der Waals surface area contributed by atoms with Crippen molar-refractivity contribution in [1.82, 2.24) is 4.98 Å². The number of anilines is 1. The molecule has 1 aliphatic carbocycles. The largest absolute Gasteiger partial charge is 0.384 e. The first kappa shape index (κ1) is 12.9. The van der Waals surface area contributed by atoms with Gasteiger partial charge in [-0.15, -0.1) is 0 Å². The zero-order chi connectivity index (χ0) is 13.6. The van der Waals surface area contributed by atoms with Crippen LogP contribution in [-0.2, 0) is 12.8 Å². The third-order valence-electron chi connectivity index (χ3n) is 3.72. The second kappa shape index (κ2) is 4.75. The lowest BCUT2D eigenvalue weighted by molar-refractivity contribution is 0.622. The van der Waals surface area contributed by atoms with Crippen molar-refractivity contribution < 1.29 is 4.39 Å². The quantitative estimate of drug-likeness (QED) is 0.888. The van der Waals surface area contributed by atoms with E-state index in [1.807, 2.05) is 6.92 Å². The third kappa shape index (κ3) is 1.93. The van der Waals surface area contributed by atoms with Crippen LogP contribution in [0.2, 0.25) is 0 Å². The van der Waals surface area contributed by atoms with Crippen LogP contribution >= 0.6 is 15.9 Å². The molecule has 1 N–H and O–H groups in total. The maximum atomic E-state index is 14.0. The molecule has 0 fully saturated rings. The highest BCUT2D eigenvalue weighted by atomic mass is 79.9. The molecule has 4 heteroatoms. The molecule has 0 radical (unpaired) electrons. The number of nitrogens with one attached hydrogen (secondary N) is 1. The van der Waals surface area contributed by atoms with Crippen molar-refractivity contribution in [3.8, 4) is 0 Å². The van der Waals surface area contributed by atoms with Crippen molar-refractivity contribution in [2.45, 2.75) is 33.1 Å². The summed E-state index contributed by atoms with van der Waals surface area (Å²) in [6, 6.07) is 1.55. The lowest BCUT2D eigenvalue weighted by atomic mass is 10.0. The summed E-state index contributed by atoms with van der Waals surface area (Å²) in [5, 5.41) is 4.30. The van der Waals surface area contributed by atoms with Crippen molar-refractivity contribution in [3.05, 3.63) is 33.2 Å². The number of nitrogens with zero attached hydrogens (tertiary/aromatic N) is 1. The van der Waals surface area contributed by atoms with Gasteiger partial charge in [0, 0.05) is 23.3 Å². The Morgan fingerprint density at radius 2 is 2.21 bits per heavy atom. The lowest BCUT2D eigenvalue weighted by Gasteiger charge is -2.16. The normalized spacial score (nSPS) is 13.9. The minimum absolute atomic E-state index is 0.219. The molecule has 19 heavy (non-hydrogen) atoms. The van der Waals surface area contributed by atoms with E-state index in [2.05, 4.69) is 28.2 Å². The number of rotatable bonds is 2. The second-order valence-electron chi connectivity index (χ2n) is 5.01. The molecule has 2 nitrogen and oxygen atoms in total. The molecule has 3 rings (SSSR count). The summed E-state index contributed by atoms with van der Waals surface area (Å²) in [7, 11) is 0. The summed E-state index contributed by atoms with van der Waals surface area (Å²) in [6.07, 6.45) is 3.19. The number of hydrogen-bond donors (Lipinski definition) is 1. The van der Waals surface area contributed by atoms with Crippen LogP contribution < -0.4 is 5.32 Å². The van der Waals surface area contributed by atoms with Crippen LogP contribution in [0.5, 0.6) is 0 Å². The Bertz CT molecular complexity index is 667. The Balaban J connectivity index is 2.45. The lowest BCUT2D eigenvalue weighted by Crippen LogP contribution is -2.05. The summed E-state index contributed by atoms with van der Waals surface area (Å²) in [6.45, 7) is 4.81. The summed E-state index contributed by atoms with van der Waals surface area (Å²) >= 11 is 3.39. The Kier molecular flexibility index (Phi) is 3.21. The zero-order valence-corrected chi connectivity index (χ0v) is 12.7. The molecule has 0 unspecified atom stereocenters. The summed E-state index contributed by atoms with van der Waals surface area (Å²) in [5.74, 6) is -0.219. The second-order valence-corrected chi connectivity index (χ2v) is 5.80. The van der Waals surface area contributed by atoms with Crippen molar-refractivity contribution in [3.63, 3.8) is 0 Å². The van der Waals surface area contributed by atoms with Crippen LogP contribution in [-0.4, -0.2) is 11.5 Å². The van der Waals surface area contributed by atoms with E-state index in [0.29, 0.717) is 4.47 Å². The van der Waals surface area contributed by atoms with Gasteiger partial charge in [-0.25, -0.2) is 4.39 Å². The molecule has 0 saturated heterocycles. The van der Waals surface area contributed by atoms with Gasteiger partial charge in [-0.1, -0.05) is 0 Å². The van der Waals surface area contributed by atoms with Gasteiger partial charge in [0.1, 0.15) is 5.82 Å². The standard InChI is InChI=1S/C15H16BrFN2/c1-3-18-15-9-5-4-6-11(9)19-14-8(2)7-10(17)13(16)12(14)15/h7H,3-6H2,1-2H3,(H,18,19). The average molecular weight is 323 g/mol. The third-order valence-corrected chi connectivity index (χ3v) is 4.50. The van der Waals surface area contributed by atoms with E-state index in [9.17, 15) is 4.39 Å². The Labute approximate surface area is 120 Å². The monoisotopic (exact) mass is 322 g/mol. The SMILES string of the molecule is CCNc1c2c(nc3c(C)cc(F)c(Br)c13)CCC2. The van der Waals surface area contributed by atoms with E-state index in [1.54, 1.807) is 6.07 Å². The first-order valence-electron chi connectivity index (χ1n) is 6.67. The molecule has 1 heterocycles. The first-order valence-corrected chi connectivity index (χ1v) is 7.46. The molecule has 0 amide bonds. The Morgan fingerprint density at radius 1 is 1.42 bits per heavy atom. The number of benzene rings is 1. The predicted octanol–water partition coefficient (Wildman–Crippen LogP) is 4.37. The van der Waals surface area contributed by atoms with Crippen molar-refractivity contribution in [2.75, 3.05) is 11.9 Å². The minimum Gasteiger partial charge on any atom is -0.384 e. The van der Waals surface area contributed by atoms with Gasteiger partial charge in [0.25, 0.3) is 0 Å². The Morgan fingerprint density at radius 3 is 2.95 bits per heavy atom.